The molecule has 0 aromatic heterocycles. The van der Waals surface area contributed by atoms with Crippen molar-refractivity contribution in [2.75, 3.05) is 26.7 Å². The molecule has 1 unspecified atom stereocenters. The van der Waals surface area contributed by atoms with Crippen molar-refractivity contribution in [2.45, 2.75) is 45.3 Å². The van der Waals surface area contributed by atoms with Crippen LogP contribution in [0.2, 0.25) is 5.02 Å². The number of halogens is 2. The lowest BCUT2D eigenvalue weighted by molar-refractivity contribution is -0.0349. The number of hydrogen-bond acceptors (Lipinski definition) is 4. The summed E-state index contributed by atoms with van der Waals surface area (Å²) in [6.45, 7) is 7.16. The average molecular weight is 473 g/mol. The van der Waals surface area contributed by atoms with Gasteiger partial charge in [-0.1, -0.05) is 25.4 Å². The average Bonchev–Trinajstić information content (AvgIpc) is 3.02. The van der Waals surface area contributed by atoms with Gasteiger partial charge in [-0.15, -0.1) is 0 Å². The molecular weight excluding hydrogens is 443 g/mol. The number of nitrogens with zero attached hydrogens (tertiary/aromatic N) is 1. The Labute approximate surface area is 199 Å². The summed E-state index contributed by atoms with van der Waals surface area (Å²) in [6.07, 6.45) is 2.39. The zero-order chi connectivity index (χ0) is 23.3. The van der Waals surface area contributed by atoms with E-state index in [1.54, 1.807) is 31.4 Å². The lowest BCUT2D eigenvalue weighted by Gasteiger charge is -2.44. The smallest absolute Gasteiger partial charge is 0.407 e. The number of amides is 1. The van der Waals surface area contributed by atoms with Crippen molar-refractivity contribution in [1.29, 1.82) is 0 Å². The van der Waals surface area contributed by atoms with Crippen LogP contribution in [0.1, 0.15) is 43.9 Å². The van der Waals surface area contributed by atoms with Gasteiger partial charge in [-0.2, -0.15) is 0 Å². The van der Waals surface area contributed by atoms with Gasteiger partial charge in [0.25, 0.3) is 0 Å². The van der Waals surface area contributed by atoms with Crippen molar-refractivity contribution in [3.05, 3.63) is 52.3 Å². The van der Waals surface area contributed by atoms with E-state index in [9.17, 15) is 4.79 Å². The van der Waals surface area contributed by atoms with Gasteiger partial charge in [-0.25, -0.2) is 9.18 Å². The molecule has 5 nitrogen and oxygen atoms in total. The van der Waals surface area contributed by atoms with Crippen LogP contribution >= 0.6 is 11.6 Å². The lowest BCUT2D eigenvalue weighted by atomic mass is 9.85. The molecule has 3 saturated heterocycles. The first-order valence-electron chi connectivity index (χ1n) is 11.6. The van der Waals surface area contributed by atoms with Gasteiger partial charge in [0.2, 0.25) is 0 Å². The monoisotopic (exact) mass is 472 g/mol. The van der Waals surface area contributed by atoms with Gasteiger partial charge < -0.3 is 14.8 Å². The van der Waals surface area contributed by atoms with E-state index in [1.807, 2.05) is 6.07 Å². The van der Waals surface area contributed by atoms with Crippen LogP contribution in [0.5, 0.6) is 5.75 Å². The van der Waals surface area contributed by atoms with Crippen LogP contribution in [0.25, 0.3) is 11.1 Å². The minimum absolute atomic E-state index is 0.0640. The lowest BCUT2D eigenvalue weighted by Crippen LogP contribution is -2.53. The van der Waals surface area contributed by atoms with E-state index in [0.717, 1.165) is 43.6 Å². The molecule has 4 aliphatic rings. The van der Waals surface area contributed by atoms with Gasteiger partial charge in [-0.3, -0.25) is 4.90 Å². The number of methoxy groups -OCH3 is 1. The quantitative estimate of drug-likeness (QED) is 0.629. The number of benzene rings is 2. The highest BCUT2D eigenvalue weighted by molar-refractivity contribution is 6.31. The van der Waals surface area contributed by atoms with Crippen molar-refractivity contribution in [3.63, 3.8) is 0 Å². The van der Waals surface area contributed by atoms with E-state index in [-0.39, 0.29) is 23.4 Å². The summed E-state index contributed by atoms with van der Waals surface area (Å²) >= 11 is 6.18. The molecule has 3 heterocycles. The summed E-state index contributed by atoms with van der Waals surface area (Å²) in [7, 11) is 1.56. The second-order valence-corrected chi connectivity index (χ2v) is 10.6. The highest BCUT2D eigenvalue weighted by Gasteiger charge is 2.42. The Kier molecular flexibility index (Phi) is 5.78. The van der Waals surface area contributed by atoms with Crippen molar-refractivity contribution in [3.8, 4) is 16.9 Å². The molecule has 7 heteroatoms. The Morgan fingerprint density at radius 1 is 1.18 bits per heavy atom. The molecular formula is C26H30ClFN2O3. The Morgan fingerprint density at radius 3 is 2.61 bits per heavy atom. The van der Waals surface area contributed by atoms with Crippen LogP contribution in [0.15, 0.2) is 30.3 Å². The van der Waals surface area contributed by atoms with Crippen LogP contribution in [0.4, 0.5) is 9.18 Å². The maximum Gasteiger partial charge on any atom is 0.407 e. The third kappa shape index (κ3) is 4.19. The topological polar surface area (TPSA) is 50.8 Å². The second-order valence-electron chi connectivity index (χ2n) is 10.2. The second kappa shape index (κ2) is 8.48. The predicted octanol–water partition coefficient (Wildman–Crippen LogP) is 5.60. The number of carbonyl (C=O) groups excluding carboxylic acids is 1. The third-order valence-corrected chi connectivity index (χ3v) is 7.77. The van der Waals surface area contributed by atoms with E-state index in [0.29, 0.717) is 34.2 Å². The fourth-order valence-electron chi connectivity index (χ4n) is 5.77. The number of alkyl carbamates (subject to hydrolysis) is 1. The molecule has 2 aromatic carbocycles. The molecule has 176 valence electrons. The fourth-order valence-corrected chi connectivity index (χ4v) is 5.95. The Hall–Kier alpha value is -2.31. The van der Waals surface area contributed by atoms with E-state index < -0.39 is 6.09 Å². The molecule has 1 N–H and O–H groups in total. The highest BCUT2D eigenvalue weighted by Crippen LogP contribution is 2.48. The molecule has 2 atom stereocenters. The number of hydrogen-bond donors (Lipinski definition) is 1. The molecule has 0 radical (unpaired) electrons. The molecule has 33 heavy (non-hydrogen) atoms. The number of rotatable bonds is 4. The summed E-state index contributed by atoms with van der Waals surface area (Å²) in [4.78, 5) is 15.2. The van der Waals surface area contributed by atoms with E-state index in [4.69, 9.17) is 21.1 Å². The summed E-state index contributed by atoms with van der Waals surface area (Å²) < 4.78 is 26.6. The summed E-state index contributed by atoms with van der Waals surface area (Å²) in [5, 5.41) is 3.57. The fraction of sp³-hybridized carbons (Fsp3) is 0.500. The standard InChI is InChI=1S/C26H30ClFN2O3/c1-26(2)13-16-10-19(20-11-17(27)4-5-22(20)32-3)21(28)12-18(16)24(26)29-25(31)33-23-14-30-8-6-15(23)7-9-30/h4-5,10-12,15,23-24H,6-9,13-14H2,1-3H3,(H,29,31)/t23-,24?/m0/s1. The Balaban J connectivity index is 1.40. The summed E-state index contributed by atoms with van der Waals surface area (Å²) in [6, 6.07) is 8.25. The number of carbonyl (C=O) groups is 1. The van der Waals surface area contributed by atoms with Gasteiger partial charge in [0.1, 0.15) is 17.7 Å². The first kappa shape index (κ1) is 22.5. The Morgan fingerprint density at radius 2 is 1.94 bits per heavy atom. The van der Waals surface area contributed by atoms with Gasteiger partial charge in [-0.05, 0) is 85.1 Å². The zero-order valence-corrected chi connectivity index (χ0v) is 20.0. The van der Waals surface area contributed by atoms with Crippen molar-refractivity contribution >= 4 is 17.7 Å². The van der Waals surface area contributed by atoms with E-state index >= 15 is 4.39 Å². The zero-order valence-electron chi connectivity index (χ0n) is 19.3. The van der Waals surface area contributed by atoms with Crippen molar-refractivity contribution in [2.24, 2.45) is 11.3 Å². The van der Waals surface area contributed by atoms with Crippen LogP contribution < -0.4 is 10.1 Å². The first-order chi connectivity index (χ1) is 15.7. The number of fused-ring (bicyclic) bond motifs is 4. The van der Waals surface area contributed by atoms with Crippen LogP contribution in [-0.4, -0.2) is 43.8 Å². The minimum Gasteiger partial charge on any atom is -0.496 e. The van der Waals surface area contributed by atoms with Crippen LogP contribution in [-0.2, 0) is 11.2 Å². The minimum atomic E-state index is -0.416. The number of piperidine rings is 3. The van der Waals surface area contributed by atoms with Crippen LogP contribution in [0.3, 0.4) is 0 Å². The number of nitrogens with one attached hydrogen (secondary N) is 1. The number of ether oxygens (including phenoxy) is 2. The largest absolute Gasteiger partial charge is 0.496 e. The highest BCUT2D eigenvalue weighted by atomic mass is 35.5. The molecule has 3 fully saturated rings. The Bertz CT molecular complexity index is 1080. The maximum atomic E-state index is 15.4. The maximum absolute atomic E-state index is 15.4. The van der Waals surface area contributed by atoms with Gasteiger partial charge in [0.15, 0.2) is 0 Å². The van der Waals surface area contributed by atoms with Crippen LogP contribution in [0, 0.1) is 17.2 Å². The van der Waals surface area contributed by atoms with E-state index in [2.05, 4.69) is 24.1 Å². The normalized spacial score (nSPS) is 27.2. The molecule has 0 saturated carbocycles. The molecule has 6 rings (SSSR count). The predicted molar refractivity (Wildman–Crippen MR) is 126 cm³/mol. The molecule has 0 spiro atoms. The van der Waals surface area contributed by atoms with Gasteiger partial charge in [0, 0.05) is 22.7 Å². The summed E-state index contributed by atoms with van der Waals surface area (Å²) in [5.74, 6) is 0.633. The van der Waals surface area contributed by atoms with Crippen molar-refractivity contribution in [1.82, 2.24) is 10.2 Å². The third-order valence-electron chi connectivity index (χ3n) is 7.54. The first-order valence-corrected chi connectivity index (χ1v) is 12.0. The molecule has 1 aliphatic carbocycles. The van der Waals surface area contributed by atoms with E-state index in [1.165, 1.54) is 0 Å². The van der Waals surface area contributed by atoms with Crippen molar-refractivity contribution < 1.29 is 18.7 Å². The molecule has 3 aliphatic heterocycles. The van der Waals surface area contributed by atoms with Gasteiger partial charge in [0.05, 0.1) is 13.2 Å². The SMILES string of the molecule is COc1ccc(Cl)cc1-c1cc2c(cc1F)C(NC(=O)O[C@H]1CN3CCC1CC3)C(C)(C)C2. The van der Waals surface area contributed by atoms with Gasteiger partial charge >= 0.3 is 6.09 Å². The molecule has 1 amide bonds. The molecule has 2 bridgehead atoms. The summed E-state index contributed by atoms with van der Waals surface area (Å²) in [5.41, 5.74) is 2.58. The molecule has 2 aromatic rings.